The van der Waals surface area contributed by atoms with Crippen LogP contribution in [0, 0.1) is 5.92 Å². The minimum atomic E-state index is 0.497. The van der Waals surface area contributed by atoms with Crippen LogP contribution in [-0.4, -0.2) is 26.9 Å². The molecule has 6 rings (SSSR count). The molecule has 3 fully saturated rings. The molecule has 2 saturated carbocycles. The topological polar surface area (TPSA) is 39.8 Å². The second-order valence-corrected chi connectivity index (χ2v) is 10.4. The van der Waals surface area contributed by atoms with Crippen LogP contribution in [0.2, 0.25) is 0 Å². The van der Waals surface area contributed by atoms with E-state index >= 15 is 0 Å². The summed E-state index contributed by atoms with van der Waals surface area (Å²) in [5.74, 6) is 3.37. The number of aromatic nitrogens is 2. The van der Waals surface area contributed by atoms with Crippen molar-refractivity contribution in [3.8, 4) is 0 Å². The first-order chi connectivity index (χ1) is 14.3. The van der Waals surface area contributed by atoms with Crippen LogP contribution in [0.15, 0.2) is 59.5 Å². The summed E-state index contributed by atoms with van der Waals surface area (Å²) in [5, 5.41) is 3.90. The molecule has 1 aliphatic heterocycles. The Labute approximate surface area is 177 Å². The van der Waals surface area contributed by atoms with Crippen LogP contribution in [0.4, 0.5) is 0 Å². The van der Waals surface area contributed by atoms with Gasteiger partial charge in [0.15, 0.2) is 0 Å². The zero-order valence-electron chi connectivity index (χ0n) is 16.9. The third kappa shape index (κ3) is 3.51. The largest absolute Gasteiger partial charge is 0.325 e. The van der Waals surface area contributed by atoms with Crippen LogP contribution in [0.5, 0.6) is 0 Å². The molecule has 0 amide bonds. The van der Waals surface area contributed by atoms with Gasteiger partial charge < -0.3 is 9.88 Å². The lowest BCUT2D eigenvalue weighted by atomic mass is 9.82. The number of thioether (sulfide) groups is 1. The summed E-state index contributed by atoms with van der Waals surface area (Å²) in [7, 11) is 0. The number of rotatable bonds is 7. The maximum absolute atomic E-state index is 5.06. The molecule has 1 saturated heterocycles. The van der Waals surface area contributed by atoms with E-state index in [2.05, 4.69) is 64.5 Å². The summed E-state index contributed by atoms with van der Waals surface area (Å²) in [6, 6.07) is 20.8. The highest BCUT2D eigenvalue weighted by Crippen LogP contribution is 2.52. The first-order valence-corrected chi connectivity index (χ1v) is 12.2. The van der Waals surface area contributed by atoms with Crippen molar-refractivity contribution in [1.29, 1.82) is 0 Å². The van der Waals surface area contributed by atoms with Crippen molar-refractivity contribution in [3.05, 3.63) is 60.4 Å². The fourth-order valence-corrected chi connectivity index (χ4v) is 6.35. The van der Waals surface area contributed by atoms with Gasteiger partial charge in [-0.2, -0.15) is 0 Å². The molecule has 29 heavy (non-hydrogen) atoms. The Morgan fingerprint density at radius 1 is 1.03 bits per heavy atom. The minimum Gasteiger partial charge on any atom is -0.325 e. The fourth-order valence-electron chi connectivity index (χ4n) is 5.48. The van der Waals surface area contributed by atoms with E-state index in [0.717, 1.165) is 29.7 Å². The van der Waals surface area contributed by atoms with E-state index in [9.17, 15) is 0 Å². The molecule has 3 nitrogen and oxygen atoms in total. The van der Waals surface area contributed by atoms with Crippen LogP contribution in [0.1, 0.15) is 50.4 Å². The van der Waals surface area contributed by atoms with E-state index in [1.807, 2.05) is 11.8 Å². The monoisotopic (exact) mass is 403 g/mol. The van der Waals surface area contributed by atoms with Crippen LogP contribution in [0.3, 0.4) is 0 Å². The fraction of sp³-hybridized carbons (Fsp3) is 0.480. The van der Waals surface area contributed by atoms with E-state index in [1.54, 1.807) is 0 Å². The first kappa shape index (κ1) is 18.0. The second kappa shape index (κ2) is 7.17. The van der Waals surface area contributed by atoms with Gasteiger partial charge in [0.05, 0.1) is 11.0 Å². The maximum Gasteiger partial charge on any atom is 0.110 e. The lowest BCUT2D eigenvalue weighted by Crippen LogP contribution is -2.28. The van der Waals surface area contributed by atoms with Crippen molar-refractivity contribution in [1.82, 2.24) is 14.9 Å². The average molecular weight is 404 g/mol. The number of aryl methyl sites for hydroxylation is 1. The van der Waals surface area contributed by atoms with Crippen molar-refractivity contribution >= 4 is 22.8 Å². The number of nitrogens with one attached hydrogen (secondary N) is 1. The smallest absolute Gasteiger partial charge is 0.110 e. The third-order valence-corrected chi connectivity index (χ3v) is 8.21. The van der Waals surface area contributed by atoms with Crippen molar-refractivity contribution in [2.75, 3.05) is 5.75 Å². The van der Waals surface area contributed by atoms with Gasteiger partial charge in [0.25, 0.3) is 0 Å². The number of imidazole rings is 1. The lowest BCUT2D eigenvalue weighted by molar-refractivity contribution is 0.323. The molecule has 0 radical (unpaired) electrons. The molecule has 2 aromatic carbocycles. The number of para-hydroxylation sites is 2. The Balaban J connectivity index is 1.21. The van der Waals surface area contributed by atoms with Crippen LogP contribution in [0.25, 0.3) is 11.0 Å². The molecule has 3 aromatic rings. The summed E-state index contributed by atoms with van der Waals surface area (Å²) in [4.78, 5) is 6.41. The quantitative estimate of drug-likeness (QED) is 0.412. The number of hydrogen-bond acceptors (Lipinski definition) is 3. The summed E-state index contributed by atoms with van der Waals surface area (Å²) in [6.07, 6.45) is 9.28. The second-order valence-electron chi connectivity index (χ2n) is 9.23. The van der Waals surface area contributed by atoms with Crippen molar-refractivity contribution in [2.45, 2.75) is 67.5 Å². The van der Waals surface area contributed by atoms with Gasteiger partial charge in [-0.25, -0.2) is 4.98 Å². The average Bonchev–Trinajstić information content (AvgIpc) is 3.66. The SMILES string of the molecule is c1ccc(SCCc2nc3ccccc3n2[C@@H]2CCC3(CC4CC4)NC3C2)cc1. The Bertz CT molecular complexity index is 1010. The van der Waals surface area contributed by atoms with Crippen LogP contribution >= 0.6 is 11.8 Å². The first-order valence-electron chi connectivity index (χ1n) is 11.2. The van der Waals surface area contributed by atoms with Gasteiger partial charge in [0.2, 0.25) is 0 Å². The summed E-state index contributed by atoms with van der Waals surface area (Å²) < 4.78 is 2.60. The minimum absolute atomic E-state index is 0.497. The summed E-state index contributed by atoms with van der Waals surface area (Å²) >= 11 is 1.94. The summed E-state index contributed by atoms with van der Waals surface area (Å²) in [5.41, 5.74) is 2.98. The molecule has 2 unspecified atom stereocenters. The van der Waals surface area contributed by atoms with Gasteiger partial charge in [-0.15, -0.1) is 11.8 Å². The standard InChI is InChI=1S/C25H29N3S/c1-2-6-20(7-3-1)29-15-13-24-26-21-8-4-5-9-22(21)28(24)19-12-14-25(17-18-10-11-18)23(16-19)27-25/h1-9,18-19,23,27H,10-17H2/t19-,23?,25?/m1/s1. The highest BCUT2D eigenvalue weighted by Gasteiger charge is 2.58. The Morgan fingerprint density at radius 3 is 2.69 bits per heavy atom. The predicted octanol–water partition coefficient (Wildman–Crippen LogP) is 5.61. The molecule has 2 heterocycles. The van der Waals surface area contributed by atoms with E-state index in [0.29, 0.717) is 11.6 Å². The third-order valence-electron chi connectivity index (χ3n) is 7.20. The highest BCUT2D eigenvalue weighted by atomic mass is 32.2. The van der Waals surface area contributed by atoms with Gasteiger partial charge in [-0.3, -0.25) is 0 Å². The van der Waals surface area contributed by atoms with E-state index < -0.39 is 0 Å². The van der Waals surface area contributed by atoms with Gasteiger partial charge in [0, 0.05) is 34.7 Å². The van der Waals surface area contributed by atoms with Crippen LogP contribution in [-0.2, 0) is 6.42 Å². The molecule has 4 heteroatoms. The predicted molar refractivity (Wildman–Crippen MR) is 120 cm³/mol. The van der Waals surface area contributed by atoms with Crippen molar-refractivity contribution in [2.24, 2.45) is 5.92 Å². The number of benzene rings is 2. The Kier molecular flexibility index (Phi) is 4.46. The van der Waals surface area contributed by atoms with E-state index in [4.69, 9.17) is 4.98 Å². The molecule has 0 spiro atoms. The van der Waals surface area contributed by atoms with Gasteiger partial charge in [-0.05, 0) is 55.9 Å². The van der Waals surface area contributed by atoms with E-state index in [-0.39, 0.29) is 0 Å². The zero-order chi connectivity index (χ0) is 19.3. The number of nitrogens with zero attached hydrogens (tertiary/aromatic N) is 2. The van der Waals surface area contributed by atoms with Crippen molar-refractivity contribution < 1.29 is 0 Å². The normalized spacial score (nSPS) is 28.4. The maximum atomic E-state index is 5.06. The molecule has 2 aliphatic carbocycles. The van der Waals surface area contributed by atoms with E-state index in [1.165, 1.54) is 54.8 Å². The zero-order valence-corrected chi connectivity index (χ0v) is 17.7. The molecule has 0 bridgehead atoms. The number of hydrogen-bond donors (Lipinski definition) is 1. The molecule has 1 N–H and O–H groups in total. The molecule has 3 aliphatic rings. The molecule has 150 valence electrons. The lowest BCUT2D eigenvalue weighted by Gasteiger charge is -2.29. The number of fused-ring (bicyclic) bond motifs is 2. The van der Waals surface area contributed by atoms with Crippen molar-refractivity contribution in [3.63, 3.8) is 0 Å². The molecular weight excluding hydrogens is 374 g/mol. The Hall–Kier alpha value is -1.78. The van der Waals surface area contributed by atoms with Crippen LogP contribution < -0.4 is 5.32 Å². The molecular formula is C25H29N3S. The molecule has 1 aromatic heterocycles. The van der Waals surface area contributed by atoms with Gasteiger partial charge in [-0.1, -0.05) is 43.2 Å². The summed E-state index contributed by atoms with van der Waals surface area (Å²) in [6.45, 7) is 0. The Morgan fingerprint density at radius 2 is 1.86 bits per heavy atom. The van der Waals surface area contributed by atoms with Gasteiger partial charge >= 0.3 is 0 Å². The highest BCUT2D eigenvalue weighted by molar-refractivity contribution is 7.99. The van der Waals surface area contributed by atoms with Gasteiger partial charge in [0.1, 0.15) is 5.82 Å². The molecule has 3 atom stereocenters.